The predicted octanol–water partition coefficient (Wildman–Crippen LogP) is 1.76. The molecule has 0 aromatic rings. The minimum absolute atomic E-state index is 0.0101. The van der Waals surface area contributed by atoms with Crippen molar-refractivity contribution < 1.29 is 9.90 Å². The molecule has 5 atom stereocenters. The third-order valence-electron chi connectivity index (χ3n) is 6.15. The van der Waals surface area contributed by atoms with Crippen LogP contribution in [0.5, 0.6) is 0 Å². The zero-order valence-electron chi connectivity index (χ0n) is 11.6. The fraction of sp³-hybridized carbons (Fsp3) is 0.812. The Bertz CT molecular complexity index is 458. The highest BCUT2D eigenvalue weighted by Gasteiger charge is 2.61. The van der Waals surface area contributed by atoms with E-state index >= 15 is 0 Å². The number of ketones is 1. The summed E-state index contributed by atoms with van der Waals surface area (Å²) in [5.41, 5.74) is 1.42. The maximum Gasteiger partial charge on any atom is 0.143 e. The number of rotatable bonds is 0. The third-order valence-corrected chi connectivity index (χ3v) is 6.15. The lowest BCUT2D eigenvalue weighted by Crippen LogP contribution is -2.69. The molecule has 104 valence electrons. The van der Waals surface area contributed by atoms with Gasteiger partial charge in [0, 0.05) is 29.8 Å². The van der Waals surface area contributed by atoms with Gasteiger partial charge < -0.3 is 5.11 Å². The smallest absolute Gasteiger partial charge is 0.143 e. The number of aliphatic hydroxyl groups excluding tert-OH is 1. The number of hydrogen-bond acceptors (Lipinski definition) is 3. The molecule has 2 saturated carbocycles. The van der Waals surface area contributed by atoms with Crippen molar-refractivity contribution in [3.63, 3.8) is 0 Å². The molecule has 3 fully saturated rings. The zero-order valence-corrected chi connectivity index (χ0v) is 11.6. The van der Waals surface area contributed by atoms with Crippen LogP contribution < -0.4 is 0 Å². The third kappa shape index (κ3) is 1.38. The highest BCUT2D eigenvalue weighted by atomic mass is 16.3. The normalized spacial score (nSPS) is 49.6. The van der Waals surface area contributed by atoms with Gasteiger partial charge in [-0.1, -0.05) is 13.0 Å². The Labute approximate surface area is 114 Å². The first-order valence-corrected chi connectivity index (χ1v) is 7.82. The molecule has 0 unspecified atom stereocenters. The second kappa shape index (κ2) is 3.92. The molecule has 4 rings (SSSR count). The Morgan fingerprint density at radius 2 is 2.26 bits per heavy atom. The van der Waals surface area contributed by atoms with Crippen molar-refractivity contribution in [2.45, 2.75) is 50.7 Å². The Morgan fingerprint density at radius 3 is 3.11 bits per heavy atom. The van der Waals surface area contributed by atoms with Gasteiger partial charge in [-0.05, 0) is 44.2 Å². The molecule has 1 N–H and O–H groups in total. The maximum absolute atomic E-state index is 12.5. The summed E-state index contributed by atoms with van der Waals surface area (Å²) in [5, 5.41) is 10.6. The molecular weight excluding hydrogens is 238 g/mol. The summed E-state index contributed by atoms with van der Waals surface area (Å²) in [6.45, 7) is 4.35. The topological polar surface area (TPSA) is 40.5 Å². The fourth-order valence-electron chi connectivity index (χ4n) is 5.50. The van der Waals surface area contributed by atoms with Crippen LogP contribution in [-0.2, 0) is 4.79 Å². The standard InChI is InChI=1S/C16H23NO2/c1-10-9-16-12-4-2-6-17(16)7-3-5-13(16)14(18)8-11(12)15(10)19/h4,10-11,13-14,18H,2-3,5-9H2,1H3/t10-,11-,13-,14-,16-/m1/s1. The zero-order chi connectivity index (χ0) is 13.2. The van der Waals surface area contributed by atoms with Crippen molar-refractivity contribution in [2.24, 2.45) is 17.8 Å². The molecule has 1 spiro atoms. The van der Waals surface area contributed by atoms with E-state index in [0.717, 1.165) is 32.4 Å². The molecule has 19 heavy (non-hydrogen) atoms. The number of aliphatic hydroxyl groups is 1. The highest BCUT2D eigenvalue weighted by molar-refractivity contribution is 5.88. The summed E-state index contributed by atoms with van der Waals surface area (Å²) in [6.07, 6.45) is 7.09. The van der Waals surface area contributed by atoms with Crippen LogP contribution in [-0.4, -0.2) is 40.5 Å². The average Bonchev–Trinajstić information content (AvgIpc) is 2.40. The van der Waals surface area contributed by atoms with Gasteiger partial charge in [0.2, 0.25) is 0 Å². The summed E-state index contributed by atoms with van der Waals surface area (Å²) in [4.78, 5) is 15.1. The van der Waals surface area contributed by atoms with Crippen molar-refractivity contribution in [3.05, 3.63) is 11.6 Å². The number of nitrogens with zero attached hydrogens (tertiary/aromatic N) is 1. The minimum atomic E-state index is -0.278. The molecule has 0 radical (unpaired) electrons. The van der Waals surface area contributed by atoms with E-state index in [1.807, 2.05) is 0 Å². The molecule has 2 bridgehead atoms. The Balaban J connectivity index is 1.89. The van der Waals surface area contributed by atoms with Crippen LogP contribution in [0.3, 0.4) is 0 Å². The van der Waals surface area contributed by atoms with Crippen LogP contribution in [0.1, 0.15) is 39.0 Å². The molecule has 2 heterocycles. The Kier molecular flexibility index (Phi) is 2.50. The van der Waals surface area contributed by atoms with Crippen LogP contribution in [0, 0.1) is 17.8 Å². The Hall–Kier alpha value is -0.670. The van der Waals surface area contributed by atoms with Crippen LogP contribution in [0.2, 0.25) is 0 Å². The van der Waals surface area contributed by atoms with Gasteiger partial charge >= 0.3 is 0 Å². The highest BCUT2D eigenvalue weighted by Crippen LogP contribution is 2.57. The number of carbonyl (C=O) groups is 1. The lowest BCUT2D eigenvalue weighted by atomic mass is 9.51. The predicted molar refractivity (Wildman–Crippen MR) is 72.6 cm³/mol. The van der Waals surface area contributed by atoms with Gasteiger partial charge in [0.1, 0.15) is 5.78 Å². The number of carbonyl (C=O) groups excluding carboxylic acids is 1. The SMILES string of the molecule is C[C@@H]1C[C@]23C4=CCCN2CCC[C@@H]3[C@H](O)C[C@H]4C1=O. The molecule has 0 aromatic heterocycles. The number of hydrogen-bond donors (Lipinski definition) is 1. The first-order valence-electron chi connectivity index (χ1n) is 7.82. The lowest BCUT2D eigenvalue weighted by Gasteiger charge is -2.63. The maximum atomic E-state index is 12.5. The van der Waals surface area contributed by atoms with Crippen molar-refractivity contribution in [3.8, 4) is 0 Å². The number of Topliss-reactive ketones (excluding diaryl/α,β-unsaturated/α-hetero) is 1. The summed E-state index contributed by atoms with van der Waals surface area (Å²) >= 11 is 0. The Morgan fingerprint density at radius 1 is 1.42 bits per heavy atom. The second-order valence-corrected chi connectivity index (χ2v) is 6.97. The summed E-state index contributed by atoms with van der Waals surface area (Å²) in [6, 6.07) is 0. The van der Waals surface area contributed by atoms with E-state index in [0.29, 0.717) is 18.1 Å². The molecule has 3 heteroatoms. The van der Waals surface area contributed by atoms with E-state index in [4.69, 9.17) is 0 Å². The van der Waals surface area contributed by atoms with E-state index in [2.05, 4.69) is 17.9 Å². The summed E-state index contributed by atoms with van der Waals surface area (Å²) in [7, 11) is 0. The number of piperidine rings is 1. The van der Waals surface area contributed by atoms with Gasteiger partial charge in [-0.2, -0.15) is 0 Å². The van der Waals surface area contributed by atoms with Crippen molar-refractivity contribution >= 4 is 5.78 Å². The van der Waals surface area contributed by atoms with E-state index < -0.39 is 0 Å². The van der Waals surface area contributed by atoms with Crippen LogP contribution in [0.25, 0.3) is 0 Å². The van der Waals surface area contributed by atoms with E-state index in [1.54, 1.807) is 0 Å². The quantitative estimate of drug-likeness (QED) is 0.675. The van der Waals surface area contributed by atoms with E-state index in [-0.39, 0.29) is 23.5 Å². The fourth-order valence-corrected chi connectivity index (χ4v) is 5.50. The van der Waals surface area contributed by atoms with Crippen molar-refractivity contribution in [1.29, 1.82) is 0 Å². The minimum Gasteiger partial charge on any atom is -0.393 e. The largest absolute Gasteiger partial charge is 0.393 e. The molecule has 1 saturated heterocycles. The molecule has 2 aliphatic heterocycles. The van der Waals surface area contributed by atoms with E-state index in [1.165, 1.54) is 12.0 Å². The van der Waals surface area contributed by atoms with Gasteiger partial charge in [0.25, 0.3) is 0 Å². The van der Waals surface area contributed by atoms with E-state index in [9.17, 15) is 9.90 Å². The first-order chi connectivity index (χ1) is 9.14. The molecule has 4 aliphatic rings. The van der Waals surface area contributed by atoms with Gasteiger partial charge in [-0.15, -0.1) is 0 Å². The van der Waals surface area contributed by atoms with Gasteiger partial charge in [0.15, 0.2) is 0 Å². The van der Waals surface area contributed by atoms with Crippen molar-refractivity contribution in [2.75, 3.05) is 13.1 Å². The monoisotopic (exact) mass is 261 g/mol. The first kappa shape index (κ1) is 12.1. The van der Waals surface area contributed by atoms with Crippen LogP contribution >= 0.6 is 0 Å². The molecular formula is C16H23NO2. The molecule has 2 aliphatic carbocycles. The van der Waals surface area contributed by atoms with Crippen LogP contribution in [0.4, 0.5) is 0 Å². The second-order valence-electron chi connectivity index (χ2n) is 6.97. The lowest BCUT2D eigenvalue weighted by molar-refractivity contribution is -0.146. The molecule has 3 nitrogen and oxygen atoms in total. The molecule has 0 amide bonds. The van der Waals surface area contributed by atoms with Gasteiger partial charge in [-0.3, -0.25) is 9.69 Å². The van der Waals surface area contributed by atoms with Crippen LogP contribution in [0.15, 0.2) is 11.6 Å². The van der Waals surface area contributed by atoms with Gasteiger partial charge in [0.05, 0.1) is 6.10 Å². The summed E-state index contributed by atoms with van der Waals surface area (Å²) < 4.78 is 0. The average molecular weight is 261 g/mol. The summed E-state index contributed by atoms with van der Waals surface area (Å²) in [5.74, 6) is 0.910. The van der Waals surface area contributed by atoms with Gasteiger partial charge in [-0.25, -0.2) is 0 Å². The molecule has 0 aromatic carbocycles. The van der Waals surface area contributed by atoms with Crippen molar-refractivity contribution in [1.82, 2.24) is 4.90 Å².